The molecule has 0 N–H and O–H groups in total. The summed E-state index contributed by atoms with van der Waals surface area (Å²) in [6.45, 7) is 7.22. The minimum atomic E-state index is -3.46. The molecule has 0 aliphatic heterocycles. The Morgan fingerprint density at radius 3 is 2.21 bits per heavy atom. The summed E-state index contributed by atoms with van der Waals surface area (Å²) in [5, 5.41) is 4.19. The van der Waals surface area contributed by atoms with Gasteiger partial charge in [0.25, 0.3) is 0 Å². The minimum Gasteiger partial charge on any atom is -0.497 e. The van der Waals surface area contributed by atoms with Crippen LogP contribution >= 0.6 is 0 Å². The molecule has 2 aromatic carbocycles. The molecule has 3 aromatic rings. The van der Waals surface area contributed by atoms with Crippen LogP contribution in [-0.2, 0) is 16.4 Å². The molecule has 0 amide bonds. The van der Waals surface area contributed by atoms with Crippen molar-refractivity contribution in [3.63, 3.8) is 0 Å². The molecular weight excluding hydrogens is 444 g/mol. The SMILES string of the molecule is CCn1ncc(C(=O)c2cc(C)c(S(C)(=O)=O)c(C)c2C)c1OC(=O)c1ccc(OC)cc1. The Labute approximate surface area is 193 Å². The van der Waals surface area contributed by atoms with Crippen molar-refractivity contribution in [1.82, 2.24) is 9.78 Å². The number of rotatable bonds is 7. The van der Waals surface area contributed by atoms with Crippen LogP contribution in [0.3, 0.4) is 0 Å². The number of hydrogen-bond acceptors (Lipinski definition) is 7. The molecule has 0 fully saturated rings. The molecule has 0 spiro atoms. The highest BCUT2D eigenvalue weighted by atomic mass is 32.2. The molecule has 0 saturated carbocycles. The molecule has 9 heteroatoms. The highest BCUT2D eigenvalue weighted by Crippen LogP contribution is 2.30. The molecule has 0 bridgehead atoms. The van der Waals surface area contributed by atoms with Crippen molar-refractivity contribution < 1.29 is 27.5 Å². The van der Waals surface area contributed by atoms with Crippen LogP contribution < -0.4 is 9.47 Å². The molecule has 174 valence electrons. The Morgan fingerprint density at radius 1 is 1.03 bits per heavy atom. The number of esters is 1. The van der Waals surface area contributed by atoms with Gasteiger partial charge in [0, 0.05) is 18.4 Å². The van der Waals surface area contributed by atoms with Crippen molar-refractivity contribution >= 4 is 21.6 Å². The van der Waals surface area contributed by atoms with Crippen LogP contribution in [-0.4, -0.2) is 43.3 Å². The number of aromatic nitrogens is 2. The zero-order chi connectivity index (χ0) is 24.5. The van der Waals surface area contributed by atoms with Crippen molar-refractivity contribution in [3.05, 3.63) is 69.9 Å². The summed E-state index contributed by atoms with van der Waals surface area (Å²) in [4.78, 5) is 26.4. The predicted octanol–water partition coefficient (Wildman–Crippen LogP) is 3.69. The van der Waals surface area contributed by atoms with E-state index >= 15 is 0 Å². The predicted molar refractivity (Wildman–Crippen MR) is 123 cm³/mol. The van der Waals surface area contributed by atoms with E-state index in [-0.39, 0.29) is 16.3 Å². The van der Waals surface area contributed by atoms with Gasteiger partial charge in [0.1, 0.15) is 11.3 Å². The first kappa shape index (κ1) is 24.2. The summed E-state index contributed by atoms with van der Waals surface area (Å²) in [5.41, 5.74) is 2.27. The van der Waals surface area contributed by atoms with Gasteiger partial charge in [-0.05, 0) is 74.7 Å². The summed E-state index contributed by atoms with van der Waals surface area (Å²) in [7, 11) is -1.93. The third kappa shape index (κ3) is 4.68. The van der Waals surface area contributed by atoms with E-state index in [2.05, 4.69) is 5.10 Å². The van der Waals surface area contributed by atoms with Gasteiger partial charge >= 0.3 is 5.97 Å². The van der Waals surface area contributed by atoms with Crippen LogP contribution in [0.5, 0.6) is 11.6 Å². The van der Waals surface area contributed by atoms with Gasteiger partial charge in [0.05, 0.1) is 23.8 Å². The Kier molecular flexibility index (Phi) is 6.73. The quantitative estimate of drug-likeness (QED) is 0.383. The fourth-order valence-corrected chi connectivity index (χ4v) is 5.10. The van der Waals surface area contributed by atoms with Crippen molar-refractivity contribution in [1.29, 1.82) is 0 Å². The molecule has 0 aliphatic carbocycles. The molecule has 3 rings (SSSR count). The number of sulfone groups is 1. The van der Waals surface area contributed by atoms with Gasteiger partial charge in [-0.25, -0.2) is 17.9 Å². The van der Waals surface area contributed by atoms with Crippen molar-refractivity contribution in [2.75, 3.05) is 13.4 Å². The van der Waals surface area contributed by atoms with Gasteiger partial charge in [0.2, 0.25) is 5.88 Å². The standard InChI is InChI=1S/C24H26N2O6S/c1-7-26-23(32-24(28)17-8-10-18(31-5)11-9-17)20(13-25-26)21(27)19-12-14(2)22(33(6,29)30)16(4)15(19)3/h8-13H,7H2,1-6H3. The highest BCUT2D eigenvalue weighted by Gasteiger charge is 2.27. The van der Waals surface area contributed by atoms with E-state index in [1.807, 2.05) is 6.92 Å². The number of ether oxygens (including phenoxy) is 2. The molecular formula is C24H26N2O6S. The maximum absolute atomic E-state index is 13.5. The van der Waals surface area contributed by atoms with Gasteiger partial charge < -0.3 is 9.47 Å². The Balaban J connectivity index is 2.04. The van der Waals surface area contributed by atoms with Gasteiger partial charge in [-0.2, -0.15) is 5.10 Å². The third-order valence-electron chi connectivity index (χ3n) is 5.49. The Bertz CT molecular complexity index is 1340. The molecule has 0 saturated heterocycles. The van der Waals surface area contributed by atoms with Gasteiger partial charge in [-0.3, -0.25) is 4.79 Å². The number of carbonyl (C=O) groups excluding carboxylic acids is 2. The molecule has 8 nitrogen and oxygen atoms in total. The molecule has 0 radical (unpaired) electrons. The fraction of sp³-hybridized carbons (Fsp3) is 0.292. The van der Waals surface area contributed by atoms with Gasteiger partial charge in [-0.1, -0.05) is 0 Å². The zero-order valence-corrected chi connectivity index (χ0v) is 20.2. The summed E-state index contributed by atoms with van der Waals surface area (Å²) in [6, 6.07) is 7.96. The molecule has 33 heavy (non-hydrogen) atoms. The Hall–Kier alpha value is -3.46. The molecule has 1 heterocycles. The van der Waals surface area contributed by atoms with Crippen LogP contribution in [0, 0.1) is 20.8 Å². The monoisotopic (exact) mass is 470 g/mol. The smallest absolute Gasteiger partial charge is 0.344 e. The van der Waals surface area contributed by atoms with Crippen LogP contribution in [0.1, 0.15) is 49.9 Å². The van der Waals surface area contributed by atoms with E-state index in [9.17, 15) is 18.0 Å². The van der Waals surface area contributed by atoms with E-state index in [0.29, 0.717) is 40.1 Å². The normalized spacial score (nSPS) is 11.3. The first-order valence-electron chi connectivity index (χ1n) is 10.3. The van der Waals surface area contributed by atoms with E-state index < -0.39 is 21.6 Å². The number of nitrogens with zero attached hydrogens (tertiary/aromatic N) is 2. The number of methoxy groups -OCH3 is 1. The number of hydrogen-bond donors (Lipinski definition) is 0. The average Bonchev–Trinajstić information content (AvgIpc) is 3.17. The lowest BCUT2D eigenvalue weighted by Crippen LogP contribution is -2.15. The van der Waals surface area contributed by atoms with E-state index in [0.717, 1.165) is 6.26 Å². The molecule has 0 aliphatic rings. The van der Waals surface area contributed by atoms with Crippen molar-refractivity contribution in [3.8, 4) is 11.6 Å². The Morgan fingerprint density at radius 2 is 1.67 bits per heavy atom. The highest BCUT2D eigenvalue weighted by molar-refractivity contribution is 7.90. The van der Waals surface area contributed by atoms with Crippen LogP contribution in [0.25, 0.3) is 0 Å². The largest absolute Gasteiger partial charge is 0.497 e. The number of ketones is 1. The lowest BCUT2D eigenvalue weighted by molar-refractivity contribution is 0.0716. The first-order valence-corrected chi connectivity index (χ1v) is 12.2. The molecule has 0 unspecified atom stereocenters. The summed E-state index contributed by atoms with van der Waals surface area (Å²) in [5.74, 6) is -0.417. The van der Waals surface area contributed by atoms with Crippen LogP contribution in [0.15, 0.2) is 41.4 Å². The van der Waals surface area contributed by atoms with Crippen molar-refractivity contribution in [2.45, 2.75) is 39.1 Å². The first-order chi connectivity index (χ1) is 15.5. The summed E-state index contributed by atoms with van der Waals surface area (Å²) in [6.07, 6.45) is 2.50. The summed E-state index contributed by atoms with van der Waals surface area (Å²) < 4.78 is 36.5. The lowest BCUT2D eigenvalue weighted by atomic mass is 9.95. The van der Waals surface area contributed by atoms with E-state index in [1.165, 1.54) is 18.0 Å². The van der Waals surface area contributed by atoms with Crippen molar-refractivity contribution in [2.24, 2.45) is 0 Å². The second-order valence-electron chi connectivity index (χ2n) is 7.72. The molecule has 1 aromatic heterocycles. The zero-order valence-electron chi connectivity index (χ0n) is 19.4. The van der Waals surface area contributed by atoms with Crippen LogP contribution in [0.2, 0.25) is 0 Å². The number of benzene rings is 2. The fourth-order valence-electron chi connectivity index (χ4n) is 3.75. The number of carbonyl (C=O) groups is 2. The number of aryl methyl sites for hydroxylation is 2. The van der Waals surface area contributed by atoms with E-state index in [1.54, 1.807) is 51.1 Å². The van der Waals surface area contributed by atoms with Crippen LogP contribution in [0.4, 0.5) is 0 Å². The topological polar surface area (TPSA) is 105 Å². The maximum Gasteiger partial charge on any atom is 0.344 e. The van der Waals surface area contributed by atoms with E-state index in [4.69, 9.17) is 9.47 Å². The molecule has 0 atom stereocenters. The average molecular weight is 471 g/mol. The second-order valence-corrected chi connectivity index (χ2v) is 9.67. The van der Waals surface area contributed by atoms with Gasteiger partial charge in [0.15, 0.2) is 15.6 Å². The third-order valence-corrected chi connectivity index (χ3v) is 6.86. The maximum atomic E-state index is 13.5. The van der Waals surface area contributed by atoms with Gasteiger partial charge in [-0.15, -0.1) is 0 Å². The lowest BCUT2D eigenvalue weighted by Gasteiger charge is -2.15. The second kappa shape index (κ2) is 9.19. The summed E-state index contributed by atoms with van der Waals surface area (Å²) >= 11 is 0. The minimum absolute atomic E-state index is 0.0326.